The highest BCUT2D eigenvalue weighted by Crippen LogP contribution is 2.23. The average Bonchev–Trinajstić information content (AvgIpc) is 2.31. The molecule has 21 heavy (non-hydrogen) atoms. The van der Waals surface area contributed by atoms with Gasteiger partial charge in [0.2, 0.25) is 0 Å². The van der Waals surface area contributed by atoms with E-state index >= 15 is 0 Å². The summed E-state index contributed by atoms with van der Waals surface area (Å²) < 4.78 is 63.6. The molecule has 1 N–H and O–H groups in total. The van der Waals surface area contributed by atoms with Crippen molar-refractivity contribution in [2.24, 2.45) is 0 Å². The molecular formula is C13H18F4O3Si. The maximum Gasteiger partial charge on any atom is 0.503 e. The first-order valence-corrected chi connectivity index (χ1v) is 8.42. The first-order valence-electron chi connectivity index (χ1n) is 6.45. The molecule has 120 valence electrons. The van der Waals surface area contributed by atoms with Crippen molar-refractivity contribution >= 4 is 8.80 Å². The Morgan fingerprint density at radius 3 is 1.86 bits per heavy atom. The van der Waals surface area contributed by atoms with Gasteiger partial charge in [-0.1, -0.05) is 0 Å². The molecule has 0 spiro atoms. The topological polar surface area (TPSA) is 38.7 Å². The summed E-state index contributed by atoms with van der Waals surface area (Å²) in [7, 11) is -3.91. The highest BCUT2D eigenvalue weighted by Gasteiger charge is 2.41. The third kappa shape index (κ3) is 4.77. The summed E-state index contributed by atoms with van der Waals surface area (Å²) in [6.07, 6.45) is -0.864. The molecule has 0 saturated heterocycles. The molecule has 1 aromatic rings. The molecule has 0 fully saturated rings. The van der Waals surface area contributed by atoms with Crippen LogP contribution in [0.25, 0.3) is 0 Å². The van der Waals surface area contributed by atoms with Gasteiger partial charge < -0.3 is 13.6 Å². The minimum atomic E-state index is -3.91. The molecule has 1 aromatic carbocycles. The Labute approximate surface area is 121 Å². The lowest BCUT2D eigenvalue weighted by atomic mass is 10.2. The van der Waals surface area contributed by atoms with Gasteiger partial charge in [-0.2, -0.15) is 0 Å². The van der Waals surface area contributed by atoms with E-state index in [0.29, 0.717) is 6.07 Å². The van der Waals surface area contributed by atoms with Gasteiger partial charge in [0.15, 0.2) is 23.3 Å². The molecule has 3 nitrogen and oxygen atoms in total. The smallest absolute Gasteiger partial charge is 0.389 e. The first-order chi connectivity index (χ1) is 9.55. The second-order valence-corrected chi connectivity index (χ2v) is 7.43. The molecule has 0 bridgehead atoms. The molecule has 0 amide bonds. The van der Waals surface area contributed by atoms with Crippen molar-refractivity contribution in [3.05, 3.63) is 34.9 Å². The fourth-order valence-corrected chi connectivity index (χ4v) is 4.27. The number of hydrogen-bond donors (Lipinski definition) is 1. The third-order valence-corrected chi connectivity index (χ3v) is 4.94. The van der Waals surface area contributed by atoms with Crippen LogP contribution in [0.1, 0.15) is 33.3 Å². The lowest BCUT2D eigenvalue weighted by molar-refractivity contribution is 0.0466. The molecule has 0 radical (unpaired) electrons. The van der Waals surface area contributed by atoms with Crippen LogP contribution < -0.4 is 0 Å². The lowest BCUT2D eigenvalue weighted by Crippen LogP contribution is -2.49. The van der Waals surface area contributed by atoms with Gasteiger partial charge in [-0.25, -0.2) is 17.6 Å². The monoisotopic (exact) mass is 326 g/mol. The fourth-order valence-electron chi connectivity index (χ4n) is 1.84. The van der Waals surface area contributed by atoms with Crippen LogP contribution in [-0.4, -0.2) is 25.8 Å². The summed E-state index contributed by atoms with van der Waals surface area (Å²) in [5.41, 5.74) is -0.526. The third-order valence-electron chi connectivity index (χ3n) is 2.43. The standard InChI is InChI=1S/C13H18F4O3Si/c1-7(2)19-21(18,20-8(3)4)6-9-5-10(14)12(16)13(17)11(9)15/h5,7-8,18H,6H2,1-4H3. The minimum Gasteiger partial charge on any atom is -0.389 e. The predicted octanol–water partition coefficient (Wildman–Crippen LogP) is 3.11. The molecule has 0 unspecified atom stereocenters. The van der Waals surface area contributed by atoms with E-state index in [0.717, 1.165) is 0 Å². The number of benzene rings is 1. The summed E-state index contributed by atoms with van der Waals surface area (Å²) >= 11 is 0. The van der Waals surface area contributed by atoms with Gasteiger partial charge in [-0.05, 0) is 39.3 Å². The Kier molecular flexibility index (Phi) is 5.91. The molecule has 0 aliphatic heterocycles. The lowest BCUT2D eigenvalue weighted by Gasteiger charge is -2.28. The fraction of sp³-hybridized carbons (Fsp3) is 0.538. The van der Waals surface area contributed by atoms with Crippen molar-refractivity contribution in [2.75, 3.05) is 0 Å². The second kappa shape index (κ2) is 6.86. The van der Waals surface area contributed by atoms with Crippen LogP contribution in [0.3, 0.4) is 0 Å². The zero-order chi connectivity index (χ0) is 16.4. The van der Waals surface area contributed by atoms with Crippen LogP contribution in [0, 0.1) is 23.3 Å². The van der Waals surface area contributed by atoms with Gasteiger partial charge >= 0.3 is 8.80 Å². The van der Waals surface area contributed by atoms with Gasteiger partial charge in [0.25, 0.3) is 0 Å². The highest BCUT2D eigenvalue weighted by molar-refractivity contribution is 6.58. The van der Waals surface area contributed by atoms with Crippen LogP contribution in [-0.2, 0) is 14.9 Å². The minimum absolute atomic E-state index is 0.432. The summed E-state index contributed by atoms with van der Waals surface area (Å²) in [6.45, 7) is 6.52. The average molecular weight is 326 g/mol. The van der Waals surface area contributed by atoms with Crippen molar-refractivity contribution < 1.29 is 31.2 Å². The normalized spacial score (nSPS) is 12.5. The summed E-state index contributed by atoms with van der Waals surface area (Å²) in [5, 5.41) is 0. The Bertz CT molecular complexity index is 499. The quantitative estimate of drug-likeness (QED) is 0.378. The number of rotatable bonds is 6. The molecule has 8 heteroatoms. The van der Waals surface area contributed by atoms with Crippen LogP contribution in [0.15, 0.2) is 6.07 Å². The van der Waals surface area contributed by atoms with E-state index in [1.807, 2.05) is 0 Å². The summed E-state index contributed by atoms with van der Waals surface area (Å²) in [4.78, 5) is 10.4. The summed E-state index contributed by atoms with van der Waals surface area (Å²) in [6, 6.07) is -0.0532. The zero-order valence-corrected chi connectivity index (χ0v) is 13.2. The van der Waals surface area contributed by atoms with Gasteiger partial charge in [-0.3, -0.25) is 0 Å². The van der Waals surface area contributed by atoms with Crippen LogP contribution in [0.2, 0.25) is 0 Å². The molecule has 0 aliphatic carbocycles. The predicted molar refractivity (Wildman–Crippen MR) is 70.4 cm³/mol. The van der Waals surface area contributed by atoms with Crippen molar-refractivity contribution in [1.29, 1.82) is 0 Å². The Morgan fingerprint density at radius 2 is 1.43 bits per heavy atom. The van der Waals surface area contributed by atoms with Crippen molar-refractivity contribution in [1.82, 2.24) is 0 Å². The zero-order valence-electron chi connectivity index (χ0n) is 12.2. The molecule has 0 heterocycles. The molecule has 0 aliphatic rings. The second-order valence-electron chi connectivity index (χ2n) is 5.18. The molecule has 0 saturated carbocycles. The van der Waals surface area contributed by atoms with Gasteiger partial charge in [0.05, 0.1) is 0 Å². The van der Waals surface area contributed by atoms with Crippen molar-refractivity contribution in [3.63, 3.8) is 0 Å². The van der Waals surface area contributed by atoms with E-state index in [4.69, 9.17) is 8.85 Å². The number of halogens is 4. The van der Waals surface area contributed by atoms with Gasteiger partial charge in [0.1, 0.15) is 0 Å². The maximum atomic E-state index is 13.7. The largest absolute Gasteiger partial charge is 0.503 e. The van der Waals surface area contributed by atoms with E-state index in [-0.39, 0.29) is 0 Å². The van der Waals surface area contributed by atoms with Gasteiger partial charge in [-0.15, -0.1) is 0 Å². The van der Waals surface area contributed by atoms with E-state index in [1.165, 1.54) is 0 Å². The molecule has 0 aromatic heterocycles. The first kappa shape index (κ1) is 18.1. The van der Waals surface area contributed by atoms with Crippen LogP contribution >= 0.6 is 0 Å². The Hall–Kier alpha value is -0.963. The summed E-state index contributed by atoms with van der Waals surface area (Å²) in [5.74, 6) is -6.90. The van der Waals surface area contributed by atoms with E-state index in [2.05, 4.69) is 0 Å². The highest BCUT2D eigenvalue weighted by atomic mass is 28.4. The van der Waals surface area contributed by atoms with Gasteiger partial charge in [0, 0.05) is 18.3 Å². The maximum absolute atomic E-state index is 13.7. The molecule has 0 atom stereocenters. The number of hydrogen-bond acceptors (Lipinski definition) is 3. The van der Waals surface area contributed by atoms with E-state index < -0.39 is 55.9 Å². The molecule has 1 rings (SSSR count). The van der Waals surface area contributed by atoms with Crippen molar-refractivity contribution in [2.45, 2.75) is 45.9 Å². The van der Waals surface area contributed by atoms with Crippen LogP contribution in [0.5, 0.6) is 0 Å². The van der Waals surface area contributed by atoms with E-state index in [1.54, 1.807) is 27.7 Å². The Morgan fingerprint density at radius 1 is 0.952 bits per heavy atom. The van der Waals surface area contributed by atoms with Crippen molar-refractivity contribution in [3.8, 4) is 0 Å². The SMILES string of the molecule is CC(C)O[Si](O)(Cc1cc(F)c(F)c(F)c1F)OC(C)C. The Balaban J connectivity index is 3.15. The molecular weight excluding hydrogens is 308 g/mol. The van der Waals surface area contributed by atoms with Crippen LogP contribution in [0.4, 0.5) is 17.6 Å². The van der Waals surface area contributed by atoms with E-state index in [9.17, 15) is 22.4 Å².